The lowest BCUT2D eigenvalue weighted by Gasteiger charge is -2.10. The summed E-state index contributed by atoms with van der Waals surface area (Å²) < 4.78 is 6.20. The topological polar surface area (TPSA) is 96.9 Å². The van der Waals surface area contributed by atoms with Crippen molar-refractivity contribution < 1.29 is 19.1 Å². The third-order valence-corrected chi connectivity index (χ3v) is 6.04. The molecular weight excluding hydrogens is 582 g/mol. The number of benzene rings is 4. The summed E-state index contributed by atoms with van der Waals surface area (Å²) in [7, 11) is 0. The number of para-hydroxylation sites is 1. The molecule has 7 nitrogen and oxygen atoms in total. The van der Waals surface area contributed by atoms with Crippen LogP contribution in [0.3, 0.4) is 0 Å². The summed E-state index contributed by atoms with van der Waals surface area (Å²) in [5, 5.41) is 7.27. The molecule has 0 atom stereocenters. The van der Waals surface area contributed by atoms with Crippen LogP contribution in [-0.2, 0) is 4.79 Å². The SMILES string of the molecule is O=C(/C=C/c1ccccc1)Oc1ccc(Br)cc1/C=N\NC(=O)c1ccccc1NC(=O)c1ccc(Cl)cc1. The van der Waals surface area contributed by atoms with E-state index in [1.807, 2.05) is 30.3 Å². The average Bonchev–Trinajstić information content (AvgIpc) is 2.94. The van der Waals surface area contributed by atoms with Crippen molar-refractivity contribution in [2.24, 2.45) is 5.10 Å². The molecule has 0 bridgehead atoms. The number of nitrogens with zero attached hydrogens (tertiary/aromatic N) is 1. The van der Waals surface area contributed by atoms with Gasteiger partial charge in [-0.25, -0.2) is 10.2 Å². The smallest absolute Gasteiger partial charge is 0.336 e. The molecule has 4 aromatic rings. The van der Waals surface area contributed by atoms with Gasteiger partial charge in [-0.1, -0.05) is 70.0 Å². The summed E-state index contributed by atoms with van der Waals surface area (Å²) in [6.07, 6.45) is 4.34. The van der Waals surface area contributed by atoms with E-state index in [0.29, 0.717) is 21.8 Å². The van der Waals surface area contributed by atoms with E-state index in [9.17, 15) is 14.4 Å². The first kappa shape index (κ1) is 27.5. The summed E-state index contributed by atoms with van der Waals surface area (Å²) in [6, 6.07) is 27.3. The lowest BCUT2D eigenvalue weighted by molar-refractivity contribution is -0.128. The molecule has 2 N–H and O–H groups in total. The lowest BCUT2D eigenvalue weighted by Crippen LogP contribution is -2.21. The minimum Gasteiger partial charge on any atom is -0.423 e. The molecule has 0 saturated heterocycles. The Hall–Kier alpha value is -4.53. The van der Waals surface area contributed by atoms with E-state index in [0.717, 1.165) is 10.0 Å². The van der Waals surface area contributed by atoms with Crippen molar-refractivity contribution in [3.8, 4) is 5.75 Å². The quantitative estimate of drug-likeness (QED) is 0.0768. The first-order valence-corrected chi connectivity index (χ1v) is 12.8. The van der Waals surface area contributed by atoms with Crippen molar-refractivity contribution in [1.29, 1.82) is 0 Å². The van der Waals surface area contributed by atoms with E-state index in [4.69, 9.17) is 16.3 Å². The Labute approximate surface area is 238 Å². The van der Waals surface area contributed by atoms with Crippen LogP contribution < -0.4 is 15.5 Å². The molecule has 0 radical (unpaired) electrons. The first-order valence-electron chi connectivity index (χ1n) is 11.6. The van der Waals surface area contributed by atoms with Gasteiger partial charge in [-0.05, 0) is 66.2 Å². The van der Waals surface area contributed by atoms with Gasteiger partial charge in [0, 0.05) is 26.7 Å². The molecule has 0 heterocycles. The molecule has 0 aliphatic carbocycles. The van der Waals surface area contributed by atoms with E-state index in [1.54, 1.807) is 72.8 Å². The molecule has 0 aliphatic heterocycles. The molecule has 0 aromatic heterocycles. The number of hydrazone groups is 1. The Morgan fingerprint density at radius 1 is 0.846 bits per heavy atom. The number of rotatable bonds is 8. The Morgan fingerprint density at radius 3 is 2.33 bits per heavy atom. The molecule has 0 unspecified atom stereocenters. The highest BCUT2D eigenvalue weighted by molar-refractivity contribution is 9.10. The van der Waals surface area contributed by atoms with E-state index in [1.165, 1.54) is 12.3 Å². The highest BCUT2D eigenvalue weighted by Crippen LogP contribution is 2.22. The maximum absolute atomic E-state index is 12.9. The van der Waals surface area contributed by atoms with Crippen LogP contribution >= 0.6 is 27.5 Å². The predicted octanol–water partition coefficient (Wildman–Crippen LogP) is 6.74. The molecule has 0 aliphatic rings. The number of esters is 1. The van der Waals surface area contributed by atoms with Crippen LogP contribution in [0.4, 0.5) is 5.69 Å². The third-order valence-electron chi connectivity index (χ3n) is 5.29. The fourth-order valence-electron chi connectivity index (χ4n) is 3.39. The fraction of sp³-hybridized carbons (Fsp3) is 0. The molecule has 0 fully saturated rings. The zero-order valence-electron chi connectivity index (χ0n) is 20.3. The summed E-state index contributed by atoms with van der Waals surface area (Å²) in [5.74, 6) is -1.24. The normalized spacial score (nSPS) is 10.9. The molecule has 194 valence electrons. The van der Waals surface area contributed by atoms with Gasteiger partial charge in [0.15, 0.2) is 0 Å². The minimum atomic E-state index is -0.565. The van der Waals surface area contributed by atoms with Crippen molar-refractivity contribution in [2.45, 2.75) is 0 Å². The maximum atomic E-state index is 12.9. The molecule has 4 aromatic carbocycles. The second kappa shape index (κ2) is 13.3. The Morgan fingerprint density at radius 2 is 1.56 bits per heavy atom. The summed E-state index contributed by atoms with van der Waals surface area (Å²) in [6.45, 7) is 0. The third kappa shape index (κ3) is 7.98. The van der Waals surface area contributed by atoms with Gasteiger partial charge in [0.25, 0.3) is 11.8 Å². The van der Waals surface area contributed by atoms with Crippen molar-refractivity contribution in [1.82, 2.24) is 5.43 Å². The van der Waals surface area contributed by atoms with Crippen molar-refractivity contribution in [3.63, 3.8) is 0 Å². The predicted molar refractivity (Wildman–Crippen MR) is 156 cm³/mol. The first-order chi connectivity index (χ1) is 18.9. The van der Waals surface area contributed by atoms with E-state index in [2.05, 4.69) is 31.8 Å². The van der Waals surface area contributed by atoms with Gasteiger partial charge in [0.1, 0.15) is 5.75 Å². The van der Waals surface area contributed by atoms with Crippen molar-refractivity contribution in [3.05, 3.63) is 135 Å². The fourth-order valence-corrected chi connectivity index (χ4v) is 3.90. The molecule has 2 amide bonds. The van der Waals surface area contributed by atoms with Crippen molar-refractivity contribution >= 4 is 63.3 Å². The number of amides is 2. The lowest BCUT2D eigenvalue weighted by atomic mass is 10.1. The Kier molecular flexibility index (Phi) is 9.39. The number of halogens is 2. The number of carbonyl (C=O) groups excluding carboxylic acids is 3. The Balaban J connectivity index is 1.44. The van der Waals surface area contributed by atoms with Crippen LogP contribution in [0.5, 0.6) is 5.75 Å². The van der Waals surface area contributed by atoms with Gasteiger partial charge in [0.2, 0.25) is 0 Å². The Bertz CT molecular complexity index is 1550. The number of hydrogen-bond acceptors (Lipinski definition) is 5. The zero-order chi connectivity index (χ0) is 27.6. The summed E-state index contributed by atoms with van der Waals surface area (Å²) in [5.41, 5.74) is 4.68. The highest BCUT2D eigenvalue weighted by atomic mass is 79.9. The van der Waals surface area contributed by atoms with Gasteiger partial charge < -0.3 is 10.1 Å². The van der Waals surface area contributed by atoms with Gasteiger partial charge in [-0.2, -0.15) is 5.10 Å². The van der Waals surface area contributed by atoms with Crippen LogP contribution in [0.25, 0.3) is 6.08 Å². The average molecular weight is 603 g/mol. The second-order valence-corrected chi connectivity index (χ2v) is 9.41. The maximum Gasteiger partial charge on any atom is 0.336 e. The van der Waals surface area contributed by atoms with E-state index in [-0.39, 0.29) is 11.3 Å². The van der Waals surface area contributed by atoms with Crippen LogP contribution in [0.15, 0.2) is 113 Å². The number of nitrogens with one attached hydrogen (secondary N) is 2. The summed E-state index contributed by atoms with van der Waals surface area (Å²) in [4.78, 5) is 37.8. The monoisotopic (exact) mass is 601 g/mol. The minimum absolute atomic E-state index is 0.212. The zero-order valence-corrected chi connectivity index (χ0v) is 22.6. The van der Waals surface area contributed by atoms with Gasteiger partial charge >= 0.3 is 5.97 Å². The van der Waals surface area contributed by atoms with Crippen LogP contribution in [0.1, 0.15) is 31.8 Å². The van der Waals surface area contributed by atoms with Gasteiger partial charge in [-0.15, -0.1) is 0 Å². The molecule has 0 spiro atoms. The highest BCUT2D eigenvalue weighted by Gasteiger charge is 2.14. The molecule has 0 saturated carbocycles. The number of hydrogen-bond donors (Lipinski definition) is 2. The van der Waals surface area contributed by atoms with Gasteiger partial charge in [-0.3, -0.25) is 9.59 Å². The van der Waals surface area contributed by atoms with Crippen molar-refractivity contribution in [2.75, 3.05) is 5.32 Å². The van der Waals surface area contributed by atoms with Crippen LogP contribution in [0, 0.1) is 0 Å². The number of carbonyl (C=O) groups is 3. The summed E-state index contributed by atoms with van der Waals surface area (Å²) >= 11 is 9.27. The molecular formula is C30H21BrClN3O4. The largest absolute Gasteiger partial charge is 0.423 e. The number of ether oxygens (including phenoxy) is 1. The van der Waals surface area contributed by atoms with Crippen LogP contribution in [-0.4, -0.2) is 24.0 Å². The van der Waals surface area contributed by atoms with Crippen LogP contribution in [0.2, 0.25) is 5.02 Å². The molecule has 4 rings (SSSR count). The van der Waals surface area contributed by atoms with E-state index >= 15 is 0 Å². The standard InChI is InChI=1S/C30H21BrClN3O4/c31-23-13-16-27(39-28(36)17-10-20-6-2-1-3-7-20)22(18-23)19-33-35-30(38)25-8-4-5-9-26(25)34-29(37)21-11-14-24(32)15-12-21/h1-19H,(H,34,37)(H,35,38)/b17-10+,33-19-. The second-order valence-electron chi connectivity index (χ2n) is 8.05. The molecule has 9 heteroatoms. The van der Waals surface area contributed by atoms with Gasteiger partial charge in [0.05, 0.1) is 17.5 Å². The van der Waals surface area contributed by atoms with E-state index < -0.39 is 17.8 Å². The molecule has 39 heavy (non-hydrogen) atoms. The number of anilines is 1.